The number of benzene rings is 1. The number of aliphatic hydroxyl groups excluding tert-OH is 1. The summed E-state index contributed by atoms with van der Waals surface area (Å²) in [7, 11) is 0. The molecule has 1 aromatic heterocycles. The van der Waals surface area contributed by atoms with Crippen LogP contribution in [0.3, 0.4) is 0 Å². The van der Waals surface area contributed by atoms with Crippen molar-refractivity contribution in [3.63, 3.8) is 0 Å². The molecule has 0 saturated carbocycles. The fourth-order valence-electron chi connectivity index (χ4n) is 1.73. The molecule has 0 radical (unpaired) electrons. The van der Waals surface area contributed by atoms with Gasteiger partial charge < -0.3 is 9.67 Å². The molecular formula is C13H13NO2. The van der Waals surface area contributed by atoms with E-state index in [1.807, 2.05) is 34.9 Å². The molecule has 0 atom stereocenters. The normalized spacial score (nSPS) is 10.3. The number of carbonyl (C=O) groups is 1. The van der Waals surface area contributed by atoms with E-state index in [1.165, 1.54) is 0 Å². The van der Waals surface area contributed by atoms with E-state index in [0.29, 0.717) is 12.2 Å². The van der Waals surface area contributed by atoms with Gasteiger partial charge in [0, 0.05) is 12.2 Å². The number of aliphatic hydroxyl groups is 1. The minimum absolute atomic E-state index is 0.0549. The number of aldehydes is 1. The van der Waals surface area contributed by atoms with E-state index in [0.717, 1.165) is 17.5 Å². The molecule has 0 unspecified atom stereocenters. The van der Waals surface area contributed by atoms with Gasteiger partial charge >= 0.3 is 0 Å². The molecule has 0 aliphatic carbocycles. The minimum atomic E-state index is -0.0549. The lowest BCUT2D eigenvalue weighted by atomic mass is 10.2. The van der Waals surface area contributed by atoms with E-state index in [2.05, 4.69) is 0 Å². The first-order valence-electron chi connectivity index (χ1n) is 5.13. The third kappa shape index (κ3) is 2.04. The van der Waals surface area contributed by atoms with Gasteiger partial charge in [0.1, 0.15) is 0 Å². The van der Waals surface area contributed by atoms with Gasteiger partial charge in [0.15, 0.2) is 6.29 Å². The van der Waals surface area contributed by atoms with Crippen LogP contribution < -0.4 is 0 Å². The van der Waals surface area contributed by atoms with Gasteiger partial charge in [0.25, 0.3) is 0 Å². The highest BCUT2D eigenvalue weighted by Gasteiger charge is 2.06. The fraction of sp³-hybridized carbons (Fsp3) is 0.154. The standard InChI is InChI=1S/C13H13NO2/c15-9-12-6-7-13(10-16)14(12)8-11-4-2-1-3-5-11/h1-7,9,16H,8,10H2. The van der Waals surface area contributed by atoms with E-state index in [-0.39, 0.29) is 6.61 Å². The molecule has 1 aromatic carbocycles. The first-order chi connectivity index (χ1) is 7.85. The van der Waals surface area contributed by atoms with E-state index >= 15 is 0 Å². The van der Waals surface area contributed by atoms with Crippen molar-refractivity contribution in [1.29, 1.82) is 0 Å². The van der Waals surface area contributed by atoms with Gasteiger partial charge in [-0.2, -0.15) is 0 Å². The summed E-state index contributed by atoms with van der Waals surface area (Å²) >= 11 is 0. The summed E-state index contributed by atoms with van der Waals surface area (Å²) in [5.41, 5.74) is 2.45. The van der Waals surface area contributed by atoms with Crippen LogP contribution in [0, 0.1) is 0 Å². The third-order valence-electron chi connectivity index (χ3n) is 2.57. The van der Waals surface area contributed by atoms with Crippen LogP contribution in [0.25, 0.3) is 0 Å². The van der Waals surface area contributed by atoms with Crippen molar-refractivity contribution in [2.45, 2.75) is 13.2 Å². The van der Waals surface area contributed by atoms with Crippen molar-refractivity contribution >= 4 is 6.29 Å². The molecule has 0 bridgehead atoms. The van der Waals surface area contributed by atoms with Gasteiger partial charge in [0.2, 0.25) is 0 Å². The summed E-state index contributed by atoms with van der Waals surface area (Å²) in [6.07, 6.45) is 0.808. The monoisotopic (exact) mass is 215 g/mol. The van der Waals surface area contributed by atoms with E-state index in [9.17, 15) is 4.79 Å². The van der Waals surface area contributed by atoms with E-state index in [1.54, 1.807) is 12.1 Å². The second-order valence-electron chi connectivity index (χ2n) is 3.60. The van der Waals surface area contributed by atoms with Crippen LogP contribution in [0.2, 0.25) is 0 Å². The summed E-state index contributed by atoms with van der Waals surface area (Å²) < 4.78 is 1.82. The van der Waals surface area contributed by atoms with Crippen molar-refractivity contribution in [2.24, 2.45) is 0 Å². The molecule has 82 valence electrons. The summed E-state index contributed by atoms with van der Waals surface area (Å²) in [6, 6.07) is 13.3. The number of hydrogen-bond donors (Lipinski definition) is 1. The van der Waals surface area contributed by atoms with Crippen molar-refractivity contribution in [1.82, 2.24) is 4.57 Å². The van der Waals surface area contributed by atoms with Gasteiger partial charge in [0.05, 0.1) is 12.3 Å². The maximum Gasteiger partial charge on any atom is 0.166 e. The number of rotatable bonds is 4. The molecule has 2 rings (SSSR count). The SMILES string of the molecule is O=Cc1ccc(CO)n1Cc1ccccc1. The smallest absolute Gasteiger partial charge is 0.166 e. The highest BCUT2D eigenvalue weighted by molar-refractivity contribution is 5.72. The van der Waals surface area contributed by atoms with Crippen LogP contribution in [0.1, 0.15) is 21.7 Å². The average molecular weight is 215 g/mol. The highest BCUT2D eigenvalue weighted by Crippen LogP contribution is 2.11. The van der Waals surface area contributed by atoms with Crippen LogP contribution in [-0.2, 0) is 13.2 Å². The molecular weight excluding hydrogens is 202 g/mol. The van der Waals surface area contributed by atoms with Crippen LogP contribution in [0.15, 0.2) is 42.5 Å². The fourth-order valence-corrected chi connectivity index (χ4v) is 1.73. The first kappa shape index (κ1) is 10.6. The Morgan fingerprint density at radius 3 is 2.50 bits per heavy atom. The Labute approximate surface area is 94.0 Å². The zero-order valence-corrected chi connectivity index (χ0v) is 8.84. The molecule has 3 nitrogen and oxygen atoms in total. The molecule has 3 heteroatoms. The molecule has 0 amide bonds. The van der Waals surface area contributed by atoms with Crippen molar-refractivity contribution < 1.29 is 9.90 Å². The summed E-state index contributed by atoms with van der Waals surface area (Å²) in [4.78, 5) is 10.8. The zero-order chi connectivity index (χ0) is 11.4. The number of aromatic nitrogens is 1. The Bertz CT molecular complexity index is 474. The van der Waals surface area contributed by atoms with E-state index in [4.69, 9.17) is 5.11 Å². The van der Waals surface area contributed by atoms with Crippen LogP contribution in [-0.4, -0.2) is 16.0 Å². The minimum Gasteiger partial charge on any atom is -0.390 e. The van der Waals surface area contributed by atoms with Gasteiger partial charge in [-0.1, -0.05) is 30.3 Å². The lowest BCUT2D eigenvalue weighted by Gasteiger charge is -2.09. The van der Waals surface area contributed by atoms with Crippen LogP contribution in [0.4, 0.5) is 0 Å². The first-order valence-corrected chi connectivity index (χ1v) is 5.13. The maximum absolute atomic E-state index is 10.8. The summed E-state index contributed by atoms with van der Waals surface area (Å²) in [5.74, 6) is 0. The number of nitrogens with zero attached hydrogens (tertiary/aromatic N) is 1. The largest absolute Gasteiger partial charge is 0.390 e. The predicted octanol–water partition coefficient (Wildman–Crippen LogP) is 1.84. The van der Waals surface area contributed by atoms with Crippen molar-refractivity contribution in [2.75, 3.05) is 0 Å². The number of hydrogen-bond acceptors (Lipinski definition) is 2. The van der Waals surface area contributed by atoms with Gasteiger partial charge in [-0.15, -0.1) is 0 Å². The van der Waals surface area contributed by atoms with Crippen molar-refractivity contribution in [3.8, 4) is 0 Å². The Balaban J connectivity index is 2.33. The van der Waals surface area contributed by atoms with Crippen LogP contribution in [0.5, 0.6) is 0 Å². The van der Waals surface area contributed by atoms with Gasteiger partial charge in [-0.05, 0) is 17.7 Å². The average Bonchev–Trinajstić information content (AvgIpc) is 2.72. The van der Waals surface area contributed by atoms with Crippen LogP contribution >= 0.6 is 0 Å². The molecule has 0 aliphatic heterocycles. The Morgan fingerprint density at radius 2 is 1.88 bits per heavy atom. The second kappa shape index (κ2) is 4.77. The Kier molecular flexibility index (Phi) is 3.17. The molecule has 0 saturated heterocycles. The quantitative estimate of drug-likeness (QED) is 0.791. The lowest BCUT2D eigenvalue weighted by Crippen LogP contribution is -2.07. The molecule has 1 heterocycles. The van der Waals surface area contributed by atoms with Gasteiger partial charge in [-0.25, -0.2) is 0 Å². The van der Waals surface area contributed by atoms with Crippen molar-refractivity contribution in [3.05, 3.63) is 59.4 Å². The maximum atomic E-state index is 10.8. The summed E-state index contributed by atoms with van der Waals surface area (Å²) in [5, 5.41) is 9.17. The Morgan fingerprint density at radius 1 is 1.12 bits per heavy atom. The molecule has 0 aliphatic rings. The predicted molar refractivity (Wildman–Crippen MR) is 61.3 cm³/mol. The molecule has 2 aromatic rings. The molecule has 16 heavy (non-hydrogen) atoms. The molecule has 0 fully saturated rings. The topological polar surface area (TPSA) is 42.2 Å². The van der Waals surface area contributed by atoms with E-state index < -0.39 is 0 Å². The third-order valence-corrected chi connectivity index (χ3v) is 2.57. The number of carbonyl (C=O) groups excluding carboxylic acids is 1. The summed E-state index contributed by atoms with van der Waals surface area (Å²) in [6.45, 7) is 0.554. The molecule has 0 spiro atoms. The Hall–Kier alpha value is -1.87. The highest BCUT2D eigenvalue weighted by atomic mass is 16.3. The lowest BCUT2D eigenvalue weighted by molar-refractivity contribution is 0.111. The zero-order valence-electron chi connectivity index (χ0n) is 8.84. The second-order valence-corrected chi connectivity index (χ2v) is 3.60. The molecule has 1 N–H and O–H groups in total. The van der Waals surface area contributed by atoms with Gasteiger partial charge in [-0.3, -0.25) is 4.79 Å².